The van der Waals surface area contributed by atoms with E-state index >= 15 is 0 Å². The molecule has 0 aromatic heterocycles. The molecular formula is C21H27NO5. The number of methoxy groups -OCH3 is 2. The fraction of sp³-hybridized carbons (Fsp3) is 0.381. The molecule has 0 bridgehead atoms. The maximum Gasteiger partial charge on any atom is 0.257 e. The van der Waals surface area contributed by atoms with Crippen LogP contribution in [0.25, 0.3) is 0 Å². The van der Waals surface area contributed by atoms with Crippen molar-refractivity contribution in [1.82, 2.24) is 5.32 Å². The Hall–Kier alpha value is -2.73. The lowest BCUT2D eigenvalue weighted by Crippen LogP contribution is -2.30. The minimum atomic E-state index is -0.177. The second-order valence-corrected chi connectivity index (χ2v) is 5.88. The van der Waals surface area contributed by atoms with Crippen LogP contribution in [0.1, 0.15) is 12.0 Å². The zero-order valence-electron chi connectivity index (χ0n) is 15.9. The van der Waals surface area contributed by atoms with E-state index in [2.05, 4.69) is 5.32 Å². The normalized spacial score (nSPS) is 10.3. The van der Waals surface area contributed by atoms with Gasteiger partial charge < -0.3 is 24.3 Å². The molecule has 0 saturated carbocycles. The third kappa shape index (κ3) is 7.58. The number of hydrogen-bond donors (Lipinski definition) is 1. The standard InChI is InChI=1S/C21H27NO5/c1-24-15-12-17-8-10-18(11-9-17)26-14-5-13-22-21(23)16-27-20-7-4-3-6-19(20)25-2/h3-4,6-11H,5,12-16H2,1-2H3,(H,22,23). The van der Waals surface area contributed by atoms with Gasteiger partial charge >= 0.3 is 0 Å². The average Bonchev–Trinajstić information content (AvgIpc) is 2.71. The molecule has 0 saturated heterocycles. The molecule has 146 valence electrons. The number of hydrogen-bond acceptors (Lipinski definition) is 5. The van der Waals surface area contributed by atoms with Gasteiger partial charge in [-0.05, 0) is 42.7 Å². The highest BCUT2D eigenvalue weighted by Crippen LogP contribution is 2.25. The molecule has 0 unspecified atom stereocenters. The molecule has 1 N–H and O–H groups in total. The van der Waals surface area contributed by atoms with Crippen LogP contribution in [0.3, 0.4) is 0 Å². The van der Waals surface area contributed by atoms with E-state index in [4.69, 9.17) is 18.9 Å². The van der Waals surface area contributed by atoms with Crippen LogP contribution < -0.4 is 19.5 Å². The average molecular weight is 373 g/mol. The van der Waals surface area contributed by atoms with Crippen molar-refractivity contribution in [3.8, 4) is 17.2 Å². The number of carbonyl (C=O) groups excluding carboxylic acids is 1. The first-order valence-corrected chi connectivity index (χ1v) is 8.96. The van der Waals surface area contributed by atoms with Gasteiger partial charge in [0.2, 0.25) is 0 Å². The van der Waals surface area contributed by atoms with E-state index in [0.29, 0.717) is 37.7 Å². The van der Waals surface area contributed by atoms with Crippen LogP contribution in [-0.4, -0.2) is 46.5 Å². The summed E-state index contributed by atoms with van der Waals surface area (Å²) < 4.78 is 21.4. The van der Waals surface area contributed by atoms with Crippen LogP contribution >= 0.6 is 0 Å². The van der Waals surface area contributed by atoms with Gasteiger partial charge in [-0.15, -0.1) is 0 Å². The molecule has 6 heteroatoms. The van der Waals surface area contributed by atoms with E-state index in [9.17, 15) is 4.79 Å². The lowest BCUT2D eigenvalue weighted by Gasteiger charge is -2.11. The van der Waals surface area contributed by atoms with Crippen LogP contribution in [0, 0.1) is 0 Å². The van der Waals surface area contributed by atoms with Gasteiger partial charge in [-0.2, -0.15) is 0 Å². The van der Waals surface area contributed by atoms with Crippen molar-refractivity contribution in [3.63, 3.8) is 0 Å². The summed E-state index contributed by atoms with van der Waals surface area (Å²) in [4.78, 5) is 11.8. The molecule has 2 rings (SSSR count). The molecule has 0 aliphatic rings. The van der Waals surface area contributed by atoms with Crippen molar-refractivity contribution >= 4 is 5.91 Å². The van der Waals surface area contributed by atoms with Crippen molar-refractivity contribution in [2.45, 2.75) is 12.8 Å². The molecule has 27 heavy (non-hydrogen) atoms. The lowest BCUT2D eigenvalue weighted by molar-refractivity contribution is -0.123. The summed E-state index contributed by atoms with van der Waals surface area (Å²) in [7, 11) is 3.26. The summed E-state index contributed by atoms with van der Waals surface area (Å²) >= 11 is 0. The molecule has 0 heterocycles. The van der Waals surface area contributed by atoms with Gasteiger partial charge in [-0.3, -0.25) is 4.79 Å². The van der Waals surface area contributed by atoms with Gasteiger partial charge in [-0.25, -0.2) is 0 Å². The smallest absolute Gasteiger partial charge is 0.257 e. The van der Waals surface area contributed by atoms with Crippen LogP contribution in [0.5, 0.6) is 17.2 Å². The first-order valence-electron chi connectivity index (χ1n) is 8.96. The highest BCUT2D eigenvalue weighted by Gasteiger charge is 2.06. The maximum atomic E-state index is 11.8. The Bertz CT molecular complexity index is 687. The van der Waals surface area contributed by atoms with E-state index in [1.165, 1.54) is 5.56 Å². The van der Waals surface area contributed by atoms with Gasteiger partial charge in [0.05, 0.1) is 20.3 Å². The molecule has 0 atom stereocenters. The van der Waals surface area contributed by atoms with Gasteiger partial charge in [-0.1, -0.05) is 24.3 Å². The van der Waals surface area contributed by atoms with Crippen LogP contribution in [0.4, 0.5) is 0 Å². The fourth-order valence-electron chi connectivity index (χ4n) is 2.39. The summed E-state index contributed by atoms with van der Waals surface area (Å²) in [6, 6.07) is 15.2. The molecule has 0 radical (unpaired) electrons. The maximum absolute atomic E-state index is 11.8. The minimum Gasteiger partial charge on any atom is -0.494 e. The van der Waals surface area contributed by atoms with E-state index in [1.807, 2.05) is 36.4 Å². The zero-order valence-corrected chi connectivity index (χ0v) is 15.9. The Morgan fingerprint density at radius 3 is 2.37 bits per heavy atom. The first-order chi connectivity index (χ1) is 13.2. The number of rotatable bonds is 12. The highest BCUT2D eigenvalue weighted by atomic mass is 16.5. The number of amides is 1. The van der Waals surface area contributed by atoms with E-state index in [1.54, 1.807) is 26.4 Å². The van der Waals surface area contributed by atoms with E-state index in [-0.39, 0.29) is 12.5 Å². The van der Waals surface area contributed by atoms with Gasteiger partial charge in [0, 0.05) is 13.7 Å². The van der Waals surface area contributed by atoms with E-state index < -0.39 is 0 Å². The van der Waals surface area contributed by atoms with Crippen molar-refractivity contribution in [1.29, 1.82) is 0 Å². The van der Waals surface area contributed by atoms with Gasteiger partial charge in [0.25, 0.3) is 5.91 Å². The largest absolute Gasteiger partial charge is 0.494 e. The quantitative estimate of drug-likeness (QED) is 0.580. The first kappa shape index (κ1) is 20.6. The molecule has 0 fully saturated rings. The summed E-state index contributed by atoms with van der Waals surface area (Å²) in [6.45, 7) is 1.72. The third-order valence-corrected chi connectivity index (χ3v) is 3.86. The second-order valence-electron chi connectivity index (χ2n) is 5.88. The van der Waals surface area contributed by atoms with Crippen LogP contribution in [0.15, 0.2) is 48.5 Å². The van der Waals surface area contributed by atoms with Crippen LogP contribution in [-0.2, 0) is 16.0 Å². The van der Waals surface area contributed by atoms with Crippen molar-refractivity contribution < 1.29 is 23.7 Å². The Morgan fingerprint density at radius 2 is 1.67 bits per heavy atom. The molecule has 0 spiro atoms. The van der Waals surface area contributed by atoms with Gasteiger partial charge in [0.1, 0.15) is 5.75 Å². The Balaban J connectivity index is 1.59. The Labute approximate surface area is 160 Å². The summed E-state index contributed by atoms with van der Waals surface area (Å²) in [5, 5.41) is 2.81. The molecule has 6 nitrogen and oxygen atoms in total. The number of nitrogens with one attached hydrogen (secondary N) is 1. The van der Waals surface area contributed by atoms with Crippen molar-refractivity contribution in [2.75, 3.05) is 40.6 Å². The molecular weight excluding hydrogens is 346 g/mol. The lowest BCUT2D eigenvalue weighted by atomic mass is 10.1. The number of para-hydroxylation sites is 2. The SMILES string of the molecule is COCCc1ccc(OCCCNC(=O)COc2ccccc2OC)cc1. The highest BCUT2D eigenvalue weighted by molar-refractivity contribution is 5.77. The number of ether oxygens (including phenoxy) is 4. The third-order valence-electron chi connectivity index (χ3n) is 3.86. The molecule has 2 aromatic carbocycles. The number of carbonyl (C=O) groups is 1. The fourth-order valence-corrected chi connectivity index (χ4v) is 2.39. The van der Waals surface area contributed by atoms with Crippen molar-refractivity contribution in [3.05, 3.63) is 54.1 Å². The Morgan fingerprint density at radius 1 is 0.926 bits per heavy atom. The molecule has 0 aliphatic carbocycles. The topological polar surface area (TPSA) is 66.0 Å². The zero-order chi connectivity index (χ0) is 19.3. The summed E-state index contributed by atoms with van der Waals surface area (Å²) in [5.74, 6) is 1.80. The minimum absolute atomic E-state index is 0.0514. The van der Waals surface area contributed by atoms with E-state index in [0.717, 1.165) is 12.2 Å². The summed E-state index contributed by atoms with van der Waals surface area (Å²) in [6.07, 6.45) is 1.60. The van der Waals surface area contributed by atoms with Crippen LogP contribution in [0.2, 0.25) is 0 Å². The second kappa shape index (κ2) is 11.8. The predicted molar refractivity (Wildman–Crippen MR) is 104 cm³/mol. The van der Waals surface area contributed by atoms with Crippen molar-refractivity contribution in [2.24, 2.45) is 0 Å². The number of benzene rings is 2. The Kier molecular flexibility index (Phi) is 9.00. The molecule has 2 aromatic rings. The molecule has 1 amide bonds. The molecule has 0 aliphatic heterocycles. The predicted octanol–water partition coefficient (Wildman–Crippen LogP) is 2.85. The monoisotopic (exact) mass is 373 g/mol. The summed E-state index contributed by atoms with van der Waals surface area (Å²) in [5.41, 5.74) is 1.21. The van der Waals surface area contributed by atoms with Gasteiger partial charge in [0.15, 0.2) is 18.1 Å².